The summed E-state index contributed by atoms with van der Waals surface area (Å²) in [6.07, 6.45) is 1.49. The highest BCUT2D eigenvalue weighted by molar-refractivity contribution is 5.85. The Labute approximate surface area is 98.1 Å². The summed E-state index contributed by atoms with van der Waals surface area (Å²) in [5, 5.41) is 27.7. The molecule has 0 aliphatic rings. The van der Waals surface area contributed by atoms with Crippen molar-refractivity contribution in [3.63, 3.8) is 0 Å². The Morgan fingerprint density at radius 1 is 0.824 bits per heavy atom. The number of hydrogen-bond acceptors (Lipinski definition) is 4. The topological polar surface area (TPSA) is 73.1 Å². The van der Waals surface area contributed by atoms with Crippen molar-refractivity contribution in [2.24, 2.45) is 4.99 Å². The summed E-state index contributed by atoms with van der Waals surface area (Å²) in [6, 6.07) is 10.7. The van der Waals surface area contributed by atoms with Crippen LogP contribution in [0.2, 0.25) is 0 Å². The summed E-state index contributed by atoms with van der Waals surface area (Å²) >= 11 is 0. The molecule has 4 nitrogen and oxygen atoms in total. The summed E-state index contributed by atoms with van der Waals surface area (Å²) in [5.74, 6) is 0.147. The zero-order valence-corrected chi connectivity index (χ0v) is 8.91. The minimum absolute atomic E-state index is 0.00397. The summed E-state index contributed by atoms with van der Waals surface area (Å²) in [6.45, 7) is 0. The van der Waals surface area contributed by atoms with Gasteiger partial charge in [0.2, 0.25) is 0 Å². The summed E-state index contributed by atoms with van der Waals surface area (Å²) in [7, 11) is 0. The molecule has 0 bridgehead atoms. The van der Waals surface area contributed by atoms with Crippen LogP contribution in [-0.2, 0) is 0 Å². The molecule has 2 aromatic rings. The number of aliphatic imine (C=N–C) groups is 1. The third-order valence-corrected chi connectivity index (χ3v) is 2.22. The first-order valence-electron chi connectivity index (χ1n) is 5.00. The Kier molecular flexibility index (Phi) is 2.96. The molecule has 86 valence electrons. The summed E-state index contributed by atoms with van der Waals surface area (Å²) in [5.41, 5.74) is 1.17. The second-order valence-electron chi connectivity index (χ2n) is 3.52. The van der Waals surface area contributed by atoms with Crippen LogP contribution in [-0.4, -0.2) is 21.5 Å². The Hall–Kier alpha value is -2.49. The van der Waals surface area contributed by atoms with Crippen molar-refractivity contribution in [1.82, 2.24) is 0 Å². The largest absolute Gasteiger partial charge is 0.508 e. The molecule has 0 heterocycles. The van der Waals surface area contributed by atoms with Gasteiger partial charge in [0, 0.05) is 17.8 Å². The number of aromatic hydroxyl groups is 3. The molecule has 0 spiro atoms. The van der Waals surface area contributed by atoms with E-state index in [-0.39, 0.29) is 17.2 Å². The fourth-order valence-corrected chi connectivity index (χ4v) is 1.32. The van der Waals surface area contributed by atoms with Crippen LogP contribution in [0.3, 0.4) is 0 Å². The van der Waals surface area contributed by atoms with Gasteiger partial charge in [-0.05, 0) is 36.4 Å². The van der Waals surface area contributed by atoms with Crippen molar-refractivity contribution in [2.45, 2.75) is 0 Å². The van der Waals surface area contributed by atoms with Gasteiger partial charge in [-0.2, -0.15) is 0 Å². The predicted molar refractivity (Wildman–Crippen MR) is 65.1 cm³/mol. The predicted octanol–water partition coefficient (Wildman–Crippen LogP) is 2.55. The minimum Gasteiger partial charge on any atom is -0.508 e. The van der Waals surface area contributed by atoms with Gasteiger partial charge in [-0.1, -0.05) is 0 Å². The lowest BCUT2D eigenvalue weighted by Gasteiger charge is -1.99. The molecule has 0 amide bonds. The Morgan fingerprint density at radius 2 is 1.47 bits per heavy atom. The zero-order chi connectivity index (χ0) is 12.3. The van der Waals surface area contributed by atoms with E-state index in [2.05, 4.69) is 4.99 Å². The van der Waals surface area contributed by atoms with Crippen LogP contribution < -0.4 is 0 Å². The molecular weight excluding hydrogens is 218 g/mol. The molecule has 3 N–H and O–H groups in total. The van der Waals surface area contributed by atoms with Crippen LogP contribution in [0.1, 0.15) is 5.56 Å². The van der Waals surface area contributed by atoms with Crippen LogP contribution in [0.5, 0.6) is 17.2 Å². The molecule has 0 aliphatic carbocycles. The number of hydrogen-bond donors (Lipinski definition) is 3. The van der Waals surface area contributed by atoms with E-state index in [1.54, 1.807) is 18.2 Å². The quantitative estimate of drug-likeness (QED) is 0.693. The van der Waals surface area contributed by atoms with Crippen LogP contribution in [0, 0.1) is 0 Å². The van der Waals surface area contributed by atoms with E-state index in [1.165, 1.54) is 30.5 Å². The van der Waals surface area contributed by atoms with Gasteiger partial charge in [0.25, 0.3) is 0 Å². The normalized spacial score (nSPS) is 10.8. The smallest absolute Gasteiger partial charge is 0.128 e. The SMILES string of the molecule is Oc1ccc(/N=C/c2ccc(O)cc2O)cc1. The Morgan fingerprint density at radius 3 is 2.12 bits per heavy atom. The molecule has 0 atom stereocenters. The molecule has 0 saturated carbocycles. The third kappa shape index (κ3) is 2.75. The highest BCUT2D eigenvalue weighted by Crippen LogP contribution is 2.22. The van der Waals surface area contributed by atoms with E-state index in [1.807, 2.05) is 0 Å². The van der Waals surface area contributed by atoms with Crippen molar-refractivity contribution < 1.29 is 15.3 Å². The first-order chi connectivity index (χ1) is 8.15. The number of benzene rings is 2. The van der Waals surface area contributed by atoms with Gasteiger partial charge >= 0.3 is 0 Å². The molecule has 2 rings (SSSR count). The number of rotatable bonds is 2. The number of nitrogens with zero attached hydrogens (tertiary/aromatic N) is 1. The van der Waals surface area contributed by atoms with Crippen molar-refractivity contribution in [1.29, 1.82) is 0 Å². The maximum absolute atomic E-state index is 9.52. The molecule has 2 aromatic carbocycles. The van der Waals surface area contributed by atoms with Crippen LogP contribution >= 0.6 is 0 Å². The van der Waals surface area contributed by atoms with E-state index < -0.39 is 0 Å². The second kappa shape index (κ2) is 4.57. The Balaban J connectivity index is 2.23. The lowest BCUT2D eigenvalue weighted by Crippen LogP contribution is -1.81. The van der Waals surface area contributed by atoms with Crippen LogP contribution in [0.15, 0.2) is 47.5 Å². The van der Waals surface area contributed by atoms with E-state index in [9.17, 15) is 5.11 Å². The first kappa shape index (κ1) is 11.0. The first-order valence-corrected chi connectivity index (χ1v) is 5.00. The second-order valence-corrected chi connectivity index (χ2v) is 3.52. The van der Waals surface area contributed by atoms with E-state index in [0.29, 0.717) is 11.3 Å². The van der Waals surface area contributed by atoms with Crippen molar-refractivity contribution in [2.75, 3.05) is 0 Å². The standard InChI is InChI=1S/C13H11NO3/c15-11-5-2-10(3-6-11)14-8-9-1-4-12(16)7-13(9)17/h1-8,15-17H/b14-8+. The number of phenols is 3. The van der Waals surface area contributed by atoms with E-state index in [0.717, 1.165) is 0 Å². The zero-order valence-electron chi connectivity index (χ0n) is 8.91. The number of phenolic OH excluding ortho intramolecular Hbond substituents is 3. The van der Waals surface area contributed by atoms with Gasteiger partial charge in [-0.3, -0.25) is 4.99 Å². The fourth-order valence-electron chi connectivity index (χ4n) is 1.32. The van der Waals surface area contributed by atoms with E-state index >= 15 is 0 Å². The molecule has 0 saturated heterocycles. The monoisotopic (exact) mass is 229 g/mol. The van der Waals surface area contributed by atoms with Gasteiger partial charge in [0.15, 0.2) is 0 Å². The van der Waals surface area contributed by atoms with Crippen molar-refractivity contribution in [3.8, 4) is 17.2 Å². The third-order valence-electron chi connectivity index (χ3n) is 2.22. The van der Waals surface area contributed by atoms with Crippen molar-refractivity contribution >= 4 is 11.9 Å². The average Bonchev–Trinajstić information content (AvgIpc) is 2.30. The highest BCUT2D eigenvalue weighted by atomic mass is 16.3. The van der Waals surface area contributed by atoms with Gasteiger partial charge < -0.3 is 15.3 Å². The lowest BCUT2D eigenvalue weighted by atomic mass is 10.2. The van der Waals surface area contributed by atoms with Gasteiger partial charge in [0.05, 0.1) is 5.69 Å². The van der Waals surface area contributed by atoms with E-state index in [4.69, 9.17) is 10.2 Å². The maximum Gasteiger partial charge on any atom is 0.128 e. The van der Waals surface area contributed by atoms with Gasteiger partial charge in [0.1, 0.15) is 17.2 Å². The molecule has 4 heteroatoms. The molecular formula is C13H11NO3. The summed E-state index contributed by atoms with van der Waals surface area (Å²) in [4.78, 5) is 4.13. The highest BCUT2D eigenvalue weighted by Gasteiger charge is 1.99. The molecule has 0 aromatic heterocycles. The van der Waals surface area contributed by atoms with Crippen LogP contribution in [0.4, 0.5) is 5.69 Å². The Bertz CT molecular complexity index is 547. The van der Waals surface area contributed by atoms with Crippen LogP contribution in [0.25, 0.3) is 0 Å². The molecule has 0 unspecified atom stereocenters. The molecule has 0 aliphatic heterocycles. The fraction of sp³-hybridized carbons (Fsp3) is 0. The molecule has 0 fully saturated rings. The minimum atomic E-state index is -0.0347. The molecule has 17 heavy (non-hydrogen) atoms. The van der Waals surface area contributed by atoms with Gasteiger partial charge in [-0.15, -0.1) is 0 Å². The summed E-state index contributed by atoms with van der Waals surface area (Å²) < 4.78 is 0. The lowest BCUT2D eigenvalue weighted by molar-refractivity contribution is 0.450. The maximum atomic E-state index is 9.52. The molecule has 0 radical (unpaired) electrons. The van der Waals surface area contributed by atoms with Gasteiger partial charge in [-0.25, -0.2) is 0 Å². The average molecular weight is 229 g/mol. The van der Waals surface area contributed by atoms with Crippen molar-refractivity contribution in [3.05, 3.63) is 48.0 Å².